The summed E-state index contributed by atoms with van der Waals surface area (Å²) < 4.78 is 5.57. The van der Waals surface area contributed by atoms with Crippen LogP contribution in [0.15, 0.2) is 0 Å². The maximum Gasteiger partial charge on any atom is 0.305 e. The van der Waals surface area contributed by atoms with Crippen molar-refractivity contribution in [1.29, 1.82) is 0 Å². The second-order valence-electron chi connectivity index (χ2n) is 5.71. The summed E-state index contributed by atoms with van der Waals surface area (Å²) in [4.78, 5) is 24.3. The summed E-state index contributed by atoms with van der Waals surface area (Å²) in [7, 11) is 1.59. The van der Waals surface area contributed by atoms with Gasteiger partial charge in [-0.05, 0) is 6.92 Å². The van der Waals surface area contributed by atoms with Gasteiger partial charge in [-0.2, -0.15) is 0 Å². The minimum atomic E-state index is -0.972. The van der Waals surface area contributed by atoms with Gasteiger partial charge in [-0.15, -0.1) is 0 Å². The largest absolute Gasteiger partial charge is 0.481 e. The third kappa shape index (κ3) is 2.74. The van der Waals surface area contributed by atoms with Gasteiger partial charge in [-0.25, -0.2) is 0 Å². The van der Waals surface area contributed by atoms with E-state index in [9.17, 15) is 9.59 Å². The molecule has 2 atom stereocenters. The van der Waals surface area contributed by atoms with Crippen molar-refractivity contribution in [2.24, 2.45) is 11.1 Å². The van der Waals surface area contributed by atoms with Gasteiger partial charge in [0.15, 0.2) is 0 Å². The molecule has 0 radical (unpaired) electrons. The molecular formula is C13H24N2O4. The van der Waals surface area contributed by atoms with Gasteiger partial charge < -0.3 is 20.5 Å². The third-order valence-corrected chi connectivity index (χ3v) is 4.22. The molecule has 1 aliphatic rings. The van der Waals surface area contributed by atoms with Crippen LogP contribution in [0.25, 0.3) is 0 Å². The lowest BCUT2D eigenvalue weighted by molar-refractivity contribution is -0.178. The van der Waals surface area contributed by atoms with E-state index in [-0.39, 0.29) is 25.0 Å². The molecule has 3 N–H and O–H groups in total. The van der Waals surface area contributed by atoms with E-state index in [2.05, 4.69) is 0 Å². The molecule has 1 amide bonds. The van der Waals surface area contributed by atoms with Crippen LogP contribution in [-0.4, -0.2) is 53.7 Å². The van der Waals surface area contributed by atoms with E-state index >= 15 is 0 Å². The quantitative estimate of drug-likeness (QED) is 0.732. The van der Waals surface area contributed by atoms with E-state index in [1.54, 1.807) is 7.05 Å². The molecular weight excluding hydrogens is 248 g/mol. The van der Waals surface area contributed by atoms with Crippen molar-refractivity contribution in [3.05, 3.63) is 0 Å². The fourth-order valence-electron chi connectivity index (χ4n) is 2.50. The van der Waals surface area contributed by atoms with Crippen molar-refractivity contribution < 1.29 is 19.4 Å². The summed E-state index contributed by atoms with van der Waals surface area (Å²) in [5.41, 5.74) is 4.81. The number of ether oxygens (including phenoxy) is 1. The molecule has 1 saturated carbocycles. The van der Waals surface area contributed by atoms with Crippen LogP contribution in [0.1, 0.15) is 33.6 Å². The molecule has 0 bridgehead atoms. The SMILES string of the molecule is CCOC1CC(N)(C(=O)N(C)CCC(=O)O)C1(C)C. The Morgan fingerprint density at radius 2 is 2.05 bits per heavy atom. The Morgan fingerprint density at radius 1 is 1.47 bits per heavy atom. The number of hydrogen-bond acceptors (Lipinski definition) is 4. The van der Waals surface area contributed by atoms with Crippen molar-refractivity contribution in [2.45, 2.75) is 45.3 Å². The number of hydrogen-bond donors (Lipinski definition) is 2. The van der Waals surface area contributed by atoms with E-state index in [1.165, 1.54) is 4.90 Å². The zero-order chi connectivity index (χ0) is 14.8. The van der Waals surface area contributed by atoms with Gasteiger partial charge in [0.2, 0.25) is 5.91 Å². The van der Waals surface area contributed by atoms with Crippen molar-refractivity contribution in [3.8, 4) is 0 Å². The molecule has 0 aromatic rings. The molecule has 110 valence electrons. The zero-order valence-corrected chi connectivity index (χ0v) is 12.1. The molecule has 6 nitrogen and oxygen atoms in total. The van der Waals surface area contributed by atoms with Crippen LogP contribution in [0.5, 0.6) is 0 Å². The van der Waals surface area contributed by atoms with E-state index in [4.69, 9.17) is 15.6 Å². The molecule has 0 heterocycles. The van der Waals surface area contributed by atoms with Crippen molar-refractivity contribution in [1.82, 2.24) is 4.90 Å². The standard InChI is InChI=1S/C13H24N2O4/c1-5-19-9-8-13(14,12(9,2)3)11(18)15(4)7-6-10(16)17/h9H,5-8,14H2,1-4H3,(H,16,17). The molecule has 1 aliphatic carbocycles. The van der Waals surface area contributed by atoms with Crippen LogP contribution in [0, 0.1) is 5.41 Å². The first-order valence-electron chi connectivity index (χ1n) is 6.54. The molecule has 2 unspecified atom stereocenters. The van der Waals surface area contributed by atoms with Crippen molar-refractivity contribution >= 4 is 11.9 Å². The maximum atomic E-state index is 12.4. The van der Waals surface area contributed by atoms with E-state index < -0.39 is 16.9 Å². The average molecular weight is 272 g/mol. The Balaban J connectivity index is 2.69. The van der Waals surface area contributed by atoms with Gasteiger partial charge in [0, 0.05) is 32.0 Å². The van der Waals surface area contributed by atoms with Crippen molar-refractivity contribution in [3.63, 3.8) is 0 Å². The number of aliphatic carboxylic acids is 1. The highest BCUT2D eigenvalue weighted by Crippen LogP contribution is 2.50. The first kappa shape index (κ1) is 15.9. The lowest BCUT2D eigenvalue weighted by Gasteiger charge is -2.58. The third-order valence-electron chi connectivity index (χ3n) is 4.22. The second kappa shape index (κ2) is 5.46. The average Bonchev–Trinajstić information content (AvgIpc) is 2.34. The Morgan fingerprint density at radius 3 is 2.47 bits per heavy atom. The fourth-order valence-corrected chi connectivity index (χ4v) is 2.50. The van der Waals surface area contributed by atoms with Gasteiger partial charge in [0.05, 0.1) is 12.5 Å². The second-order valence-corrected chi connectivity index (χ2v) is 5.71. The van der Waals surface area contributed by atoms with Gasteiger partial charge in [0.1, 0.15) is 5.54 Å². The Labute approximate surface area is 113 Å². The van der Waals surface area contributed by atoms with Crippen LogP contribution in [0.4, 0.5) is 0 Å². The van der Waals surface area contributed by atoms with E-state index in [0.29, 0.717) is 13.0 Å². The molecule has 0 aliphatic heterocycles. The number of likely N-dealkylation sites (N-methyl/N-ethyl adjacent to an activating group) is 1. The van der Waals surface area contributed by atoms with Gasteiger partial charge in [-0.1, -0.05) is 13.8 Å². The summed E-state index contributed by atoms with van der Waals surface area (Å²) in [5, 5.41) is 8.64. The molecule has 0 spiro atoms. The summed E-state index contributed by atoms with van der Waals surface area (Å²) in [6.07, 6.45) is 0.372. The van der Waals surface area contributed by atoms with E-state index in [0.717, 1.165) is 0 Å². The molecule has 1 rings (SSSR count). The van der Waals surface area contributed by atoms with Gasteiger partial charge >= 0.3 is 5.97 Å². The smallest absolute Gasteiger partial charge is 0.305 e. The number of nitrogens with two attached hydrogens (primary N) is 1. The molecule has 1 fully saturated rings. The normalized spacial score (nSPS) is 28.6. The maximum absolute atomic E-state index is 12.4. The number of carboxylic acids is 1. The summed E-state index contributed by atoms with van der Waals surface area (Å²) >= 11 is 0. The highest BCUT2D eigenvalue weighted by Gasteiger charge is 2.63. The molecule has 0 saturated heterocycles. The number of carbonyl (C=O) groups excluding carboxylic acids is 1. The monoisotopic (exact) mass is 272 g/mol. The number of carbonyl (C=O) groups is 2. The summed E-state index contributed by atoms with van der Waals surface area (Å²) in [5.74, 6) is -1.14. The minimum Gasteiger partial charge on any atom is -0.481 e. The van der Waals surface area contributed by atoms with Crippen LogP contribution in [0.2, 0.25) is 0 Å². The zero-order valence-electron chi connectivity index (χ0n) is 12.1. The Kier molecular flexibility index (Phi) is 4.58. The Hall–Kier alpha value is -1.14. The predicted octanol–water partition coefficient (Wildman–Crippen LogP) is 0.452. The van der Waals surface area contributed by atoms with E-state index in [1.807, 2.05) is 20.8 Å². The van der Waals surface area contributed by atoms with Crippen molar-refractivity contribution in [2.75, 3.05) is 20.2 Å². The highest BCUT2D eigenvalue weighted by atomic mass is 16.5. The molecule has 6 heteroatoms. The Bertz CT molecular complexity index is 370. The number of rotatable bonds is 6. The first-order valence-corrected chi connectivity index (χ1v) is 6.54. The van der Waals surface area contributed by atoms with Crippen LogP contribution in [-0.2, 0) is 14.3 Å². The van der Waals surface area contributed by atoms with Gasteiger partial charge in [0.25, 0.3) is 0 Å². The predicted molar refractivity (Wildman–Crippen MR) is 70.6 cm³/mol. The van der Waals surface area contributed by atoms with Crippen LogP contribution in [0.3, 0.4) is 0 Å². The van der Waals surface area contributed by atoms with Gasteiger partial charge in [-0.3, -0.25) is 9.59 Å². The topological polar surface area (TPSA) is 92.9 Å². The first-order chi connectivity index (χ1) is 8.66. The lowest BCUT2D eigenvalue weighted by Crippen LogP contribution is -2.75. The number of carboxylic acid groups (broad SMARTS) is 1. The van der Waals surface area contributed by atoms with Crippen LogP contribution >= 0.6 is 0 Å². The van der Waals surface area contributed by atoms with Crippen LogP contribution < -0.4 is 5.73 Å². The number of amides is 1. The fraction of sp³-hybridized carbons (Fsp3) is 0.846. The molecule has 0 aromatic heterocycles. The summed E-state index contributed by atoms with van der Waals surface area (Å²) in [6, 6.07) is 0. The lowest BCUT2D eigenvalue weighted by atomic mass is 9.54. The highest BCUT2D eigenvalue weighted by molar-refractivity contribution is 5.89. The number of nitrogens with zero attached hydrogens (tertiary/aromatic N) is 1. The molecule has 19 heavy (non-hydrogen) atoms. The molecule has 0 aromatic carbocycles. The minimum absolute atomic E-state index is 0.0284. The summed E-state index contributed by atoms with van der Waals surface area (Å²) in [6.45, 7) is 6.50.